The maximum Gasteiger partial charge on any atom is 0.338 e. The van der Waals surface area contributed by atoms with Crippen LogP contribution in [0.1, 0.15) is 46.0 Å². The van der Waals surface area contributed by atoms with E-state index in [9.17, 15) is 14.4 Å². The Balaban J connectivity index is 1.88. The molecule has 0 fully saturated rings. The number of ketones is 1. The predicted molar refractivity (Wildman–Crippen MR) is 99.4 cm³/mol. The van der Waals surface area contributed by atoms with Crippen LogP contribution >= 0.6 is 0 Å². The van der Waals surface area contributed by atoms with Crippen LogP contribution in [0, 0.1) is 0 Å². The monoisotopic (exact) mass is 349 g/mol. The molecule has 0 aliphatic carbocycles. The summed E-state index contributed by atoms with van der Waals surface area (Å²) in [5.74, 6) is -0.601. The molecule has 5 heteroatoms. The molecule has 5 nitrogen and oxygen atoms in total. The lowest BCUT2D eigenvalue weighted by Gasteiger charge is -2.09. The number of aromatic amines is 1. The van der Waals surface area contributed by atoms with E-state index in [0.717, 1.165) is 0 Å². The van der Waals surface area contributed by atoms with Crippen molar-refractivity contribution in [1.82, 2.24) is 4.98 Å². The fourth-order valence-electron chi connectivity index (χ4n) is 2.80. The van der Waals surface area contributed by atoms with Crippen molar-refractivity contribution in [2.24, 2.45) is 0 Å². The number of nitrogens with one attached hydrogen (secondary N) is 1. The van der Waals surface area contributed by atoms with Gasteiger partial charge in [-0.15, -0.1) is 0 Å². The third-order valence-corrected chi connectivity index (χ3v) is 4.15. The summed E-state index contributed by atoms with van der Waals surface area (Å²) in [5, 5.41) is 0.417. The second kappa shape index (κ2) is 7.78. The van der Waals surface area contributed by atoms with E-state index < -0.39 is 5.97 Å². The Hall–Kier alpha value is -3.21. The van der Waals surface area contributed by atoms with E-state index in [0.29, 0.717) is 34.9 Å². The number of Topliss-reactive ketones (excluding diaryl/α,β-unsaturated/α-hetero) is 1. The van der Waals surface area contributed by atoms with Crippen LogP contribution in [0.25, 0.3) is 10.9 Å². The number of H-pyrrole nitrogens is 1. The van der Waals surface area contributed by atoms with Crippen molar-refractivity contribution >= 4 is 22.7 Å². The van der Waals surface area contributed by atoms with E-state index >= 15 is 0 Å². The van der Waals surface area contributed by atoms with Gasteiger partial charge in [-0.1, -0.05) is 37.3 Å². The van der Waals surface area contributed by atoms with Gasteiger partial charge >= 0.3 is 5.97 Å². The number of fused-ring (bicyclic) bond motifs is 1. The quantitative estimate of drug-likeness (QED) is 0.541. The minimum absolute atomic E-state index is 0.0310. The molecule has 2 aromatic carbocycles. The van der Waals surface area contributed by atoms with Crippen LogP contribution in [-0.4, -0.2) is 16.7 Å². The molecule has 26 heavy (non-hydrogen) atoms. The van der Waals surface area contributed by atoms with Gasteiger partial charge in [0.25, 0.3) is 0 Å². The Morgan fingerprint density at radius 3 is 2.54 bits per heavy atom. The van der Waals surface area contributed by atoms with Gasteiger partial charge in [-0.25, -0.2) is 4.79 Å². The lowest BCUT2D eigenvalue weighted by molar-refractivity contribution is 0.0474. The molecule has 132 valence electrons. The third-order valence-electron chi connectivity index (χ3n) is 4.15. The molecule has 0 unspecified atom stereocenters. The van der Waals surface area contributed by atoms with E-state index in [1.807, 2.05) is 13.0 Å². The van der Waals surface area contributed by atoms with Crippen LogP contribution in [0.15, 0.2) is 59.5 Å². The Bertz CT molecular complexity index is 1010. The fraction of sp³-hybridized carbons (Fsp3) is 0.190. The minimum Gasteiger partial charge on any atom is -0.457 e. The highest BCUT2D eigenvalue weighted by atomic mass is 16.5. The van der Waals surface area contributed by atoms with Crippen LogP contribution in [0.4, 0.5) is 0 Å². The molecule has 0 bridgehead atoms. The number of carbonyl (C=O) groups is 2. The van der Waals surface area contributed by atoms with Crippen molar-refractivity contribution in [2.75, 3.05) is 0 Å². The molecule has 0 atom stereocenters. The van der Waals surface area contributed by atoms with Gasteiger partial charge in [-0.2, -0.15) is 0 Å². The summed E-state index contributed by atoms with van der Waals surface area (Å²) < 4.78 is 5.35. The van der Waals surface area contributed by atoms with Gasteiger partial charge in [0.15, 0.2) is 11.2 Å². The molecular formula is C21H19NO4. The molecule has 0 saturated carbocycles. The molecule has 0 saturated heterocycles. The molecule has 1 N–H and O–H groups in total. The molecule has 3 rings (SSSR count). The smallest absolute Gasteiger partial charge is 0.338 e. The normalized spacial score (nSPS) is 10.7. The maximum atomic E-state index is 12.6. The maximum absolute atomic E-state index is 12.6. The van der Waals surface area contributed by atoms with Crippen molar-refractivity contribution in [3.8, 4) is 0 Å². The summed E-state index contributed by atoms with van der Waals surface area (Å²) in [7, 11) is 0. The number of benzene rings is 2. The topological polar surface area (TPSA) is 76.2 Å². The summed E-state index contributed by atoms with van der Waals surface area (Å²) in [4.78, 5) is 39.8. The minimum atomic E-state index is -0.431. The van der Waals surface area contributed by atoms with Crippen molar-refractivity contribution in [1.29, 1.82) is 0 Å². The highest BCUT2D eigenvalue weighted by Crippen LogP contribution is 2.16. The standard InChI is InChI=1S/C21H19NO4/c1-2-7-18(23)17-12-22-19-15(10-6-11-16(19)20(17)24)13-26-21(25)14-8-4-3-5-9-14/h3-6,8-12H,2,7,13H2,1H3,(H,22,24). The third kappa shape index (κ3) is 3.57. The fourth-order valence-corrected chi connectivity index (χ4v) is 2.80. The van der Waals surface area contributed by atoms with E-state index in [-0.39, 0.29) is 23.4 Å². The SMILES string of the molecule is CCCC(=O)c1c[nH]c2c(COC(=O)c3ccccc3)cccc2c1=O. The number of esters is 1. The molecule has 0 aliphatic rings. The zero-order chi connectivity index (χ0) is 18.5. The van der Waals surface area contributed by atoms with Crippen LogP contribution < -0.4 is 5.43 Å². The highest BCUT2D eigenvalue weighted by Gasteiger charge is 2.14. The van der Waals surface area contributed by atoms with Crippen LogP contribution in [-0.2, 0) is 11.3 Å². The van der Waals surface area contributed by atoms with Crippen molar-refractivity contribution in [3.63, 3.8) is 0 Å². The number of hydrogen-bond donors (Lipinski definition) is 1. The van der Waals surface area contributed by atoms with Crippen LogP contribution in [0.3, 0.4) is 0 Å². The number of pyridine rings is 1. The van der Waals surface area contributed by atoms with Gasteiger partial charge in [0.1, 0.15) is 6.61 Å². The van der Waals surface area contributed by atoms with E-state index in [1.165, 1.54) is 6.20 Å². The van der Waals surface area contributed by atoms with Gasteiger partial charge in [0.2, 0.25) is 0 Å². The Morgan fingerprint density at radius 2 is 1.81 bits per heavy atom. The van der Waals surface area contributed by atoms with E-state index in [4.69, 9.17) is 4.74 Å². The molecule has 0 spiro atoms. The molecule has 1 heterocycles. The first-order valence-corrected chi connectivity index (χ1v) is 8.50. The predicted octanol–water partition coefficient (Wildman–Crippen LogP) is 3.87. The number of para-hydroxylation sites is 1. The number of aromatic nitrogens is 1. The average molecular weight is 349 g/mol. The van der Waals surface area contributed by atoms with Crippen molar-refractivity contribution < 1.29 is 14.3 Å². The second-order valence-corrected chi connectivity index (χ2v) is 5.99. The van der Waals surface area contributed by atoms with Crippen LogP contribution in [0.5, 0.6) is 0 Å². The summed E-state index contributed by atoms with van der Waals surface area (Å²) in [5.41, 5.74) is 1.59. The summed E-state index contributed by atoms with van der Waals surface area (Å²) in [6, 6.07) is 13.9. The van der Waals surface area contributed by atoms with Gasteiger partial charge in [0.05, 0.1) is 16.6 Å². The average Bonchev–Trinajstić information content (AvgIpc) is 2.67. The van der Waals surface area contributed by atoms with Gasteiger partial charge < -0.3 is 9.72 Å². The Labute approximate surface area is 150 Å². The van der Waals surface area contributed by atoms with Gasteiger partial charge in [-0.05, 0) is 24.6 Å². The lowest BCUT2D eigenvalue weighted by Crippen LogP contribution is -2.16. The largest absolute Gasteiger partial charge is 0.457 e. The summed E-state index contributed by atoms with van der Waals surface area (Å²) >= 11 is 0. The van der Waals surface area contributed by atoms with Gasteiger partial charge in [-0.3, -0.25) is 9.59 Å². The molecule has 0 radical (unpaired) electrons. The number of rotatable bonds is 6. The Morgan fingerprint density at radius 1 is 1.04 bits per heavy atom. The van der Waals surface area contributed by atoms with Crippen molar-refractivity contribution in [2.45, 2.75) is 26.4 Å². The molecule has 0 amide bonds. The first-order chi connectivity index (χ1) is 12.6. The van der Waals surface area contributed by atoms with E-state index in [1.54, 1.807) is 42.5 Å². The number of carbonyl (C=O) groups excluding carboxylic acids is 2. The summed E-state index contributed by atoms with van der Waals surface area (Å²) in [6.07, 6.45) is 2.47. The molecule has 0 aliphatic heterocycles. The van der Waals surface area contributed by atoms with Gasteiger partial charge in [0, 0.05) is 23.6 Å². The first-order valence-electron chi connectivity index (χ1n) is 8.50. The number of ether oxygens (including phenoxy) is 1. The first kappa shape index (κ1) is 17.6. The second-order valence-electron chi connectivity index (χ2n) is 5.99. The van der Waals surface area contributed by atoms with Crippen LogP contribution in [0.2, 0.25) is 0 Å². The van der Waals surface area contributed by atoms with E-state index in [2.05, 4.69) is 4.98 Å². The molecular weight excluding hydrogens is 330 g/mol. The zero-order valence-electron chi connectivity index (χ0n) is 14.5. The van der Waals surface area contributed by atoms with Crippen molar-refractivity contribution in [3.05, 3.63) is 81.6 Å². The lowest BCUT2D eigenvalue weighted by atomic mass is 10.0. The molecule has 3 aromatic rings. The zero-order valence-corrected chi connectivity index (χ0v) is 14.5. The molecule has 1 aromatic heterocycles. The number of hydrogen-bond acceptors (Lipinski definition) is 4. The highest BCUT2D eigenvalue weighted by molar-refractivity contribution is 5.99. The summed E-state index contributed by atoms with van der Waals surface area (Å²) in [6.45, 7) is 1.93. The Kier molecular flexibility index (Phi) is 5.27.